The third kappa shape index (κ3) is 4.32. The lowest BCUT2D eigenvalue weighted by Crippen LogP contribution is -2.55. The van der Waals surface area contributed by atoms with E-state index in [2.05, 4.69) is 16.3 Å². The minimum Gasteiger partial charge on any atom is -0.497 e. The highest BCUT2D eigenvalue weighted by Gasteiger charge is 2.28. The highest BCUT2D eigenvalue weighted by atomic mass is 16.5. The Morgan fingerprint density at radius 2 is 1.57 bits per heavy atom. The summed E-state index contributed by atoms with van der Waals surface area (Å²) in [5.41, 5.74) is 1.64. The average Bonchev–Trinajstić information content (AvgIpc) is 2.73. The number of carbonyl (C=O) groups excluding carboxylic acids is 1. The molecule has 0 spiro atoms. The Morgan fingerprint density at radius 1 is 0.929 bits per heavy atom. The largest absolute Gasteiger partial charge is 0.497 e. The number of hydrogen-bond acceptors (Lipinski definition) is 4. The van der Waals surface area contributed by atoms with Crippen molar-refractivity contribution in [3.8, 4) is 11.5 Å². The second kappa shape index (κ2) is 8.42. The predicted octanol–water partition coefficient (Wildman–Crippen LogP) is 3.47. The van der Waals surface area contributed by atoms with Gasteiger partial charge in [-0.1, -0.05) is 24.3 Å². The predicted molar refractivity (Wildman–Crippen MR) is 111 cm³/mol. The first-order valence-electron chi connectivity index (χ1n) is 9.54. The highest BCUT2D eigenvalue weighted by molar-refractivity contribution is 5.76. The molecule has 2 amide bonds. The van der Waals surface area contributed by atoms with E-state index in [9.17, 15) is 4.79 Å². The van der Waals surface area contributed by atoms with Gasteiger partial charge in [-0.3, -0.25) is 0 Å². The van der Waals surface area contributed by atoms with Crippen LogP contribution in [0.5, 0.6) is 11.5 Å². The lowest BCUT2D eigenvalue weighted by molar-refractivity contribution is 0.183. The standard InChI is InChI=1S/C22H29N3O3/c1-22(2,17-9-11-18(27-3)12-10-17)23-21(26)25-15-13-24(14-16-25)19-7-5-6-8-20(19)28-4/h5-12H,13-16H2,1-4H3,(H,23,26). The molecule has 150 valence electrons. The number of para-hydroxylation sites is 2. The lowest BCUT2D eigenvalue weighted by atomic mass is 9.94. The molecule has 0 aliphatic carbocycles. The van der Waals surface area contributed by atoms with Crippen molar-refractivity contribution < 1.29 is 14.3 Å². The maximum atomic E-state index is 12.8. The maximum Gasteiger partial charge on any atom is 0.318 e. The zero-order valence-electron chi connectivity index (χ0n) is 17.1. The van der Waals surface area contributed by atoms with Crippen molar-refractivity contribution in [1.82, 2.24) is 10.2 Å². The van der Waals surface area contributed by atoms with Crippen molar-refractivity contribution in [1.29, 1.82) is 0 Å². The van der Waals surface area contributed by atoms with Crippen LogP contribution in [0.4, 0.5) is 10.5 Å². The van der Waals surface area contributed by atoms with E-state index in [0.717, 1.165) is 35.8 Å². The minimum absolute atomic E-state index is 0.0412. The SMILES string of the molecule is COc1ccc(C(C)(C)NC(=O)N2CCN(c3ccccc3OC)CC2)cc1. The summed E-state index contributed by atoms with van der Waals surface area (Å²) in [6, 6.07) is 15.7. The molecule has 0 aromatic heterocycles. The fraction of sp³-hybridized carbons (Fsp3) is 0.409. The molecule has 0 atom stereocenters. The van der Waals surface area contributed by atoms with E-state index in [1.54, 1.807) is 14.2 Å². The molecule has 6 heteroatoms. The number of piperazine rings is 1. The van der Waals surface area contributed by atoms with Gasteiger partial charge in [0.05, 0.1) is 25.4 Å². The average molecular weight is 383 g/mol. The van der Waals surface area contributed by atoms with Crippen LogP contribution < -0.4 is 19.7 Å². The van der Waals surface area contributed by atoms with Crippen LogP contribution in [0.15, 0.2) is 48.5 Å². The Bertz CT molecular complexity index is 797. The van der Waals surface area contributed by atoms with Crippen molar-refractivity contribution in [3.05, 3.63) is 54.1 Å². The second-order valence-corrected chi connectivity index (χ2v) is 7.43. The number of anilines is 1. The number of nitrogens with one attached hydrogen (secondary N) is 1. The summed E-state index contributed by atoms with van der Waals surface area (Å²) in [7, 11) is 3.33. The van der Waals surface area contributed by atoms with E-state index in [0.29, 0.717) is 13.1 Å². The number of nitrogens with zero attached hydrogens (tertiary/aromatic N) is 2. The van der Waals surface area contributed by atoms with Gasteiger partial charge in [-0.25, -0.2) is 4.79 Å². The first kappa shape index (κ1) is 19.9. The molecule has 1 aliphatic heterocycles. The number of methoxy groups -OCH3 is 2. The zero-order valence-corrected chi connectivity index (χ0v) is 17.1. The van der Waals surface area contributed by atoms with Crippen LogP contribution in [0.1, 0.15) is 19.4 Å². The Morgan fingerprint density at radius 3 is 2.18 bits per heavy atom. The normalized spacial score (nSPS) is 14.6. The number of carbonyl (C=O) groups is 1. The first-order chi connectivity index (χ1) is 13.4. The molecule has 1 fully saturated rings. The molecule has 0 bridgehead atoms. The minimum atomic E-state index is -0.469. The number of urea groups is 1. The van der Waals surface area contributed by atoms with Gasteiger partial charge in [0.15, 0.2) is 0 Å². The third-order valence-corrected chi connectivity index (χ3v) is 5.22. The van der Waals surface area contributed by atoms with Crippen LogP contribution in [-0.2, 0) is 5.54 Å². The van der Waals surface area contributed by atoms with Crippen LogP contribution in [0.25, 0.3) is 0 Å². The molecule has 0 unspecified atom stereocenters. The summed E-state index contributed by atoms with van der Waals surface area (Å²) >= 11 is 0. The van der Waals surface area contributed by atoms with Gasteiger partial charge in [0.1, 0.15) is 11.5 Å². The molecule has 0 saturated carbocycles. The first-order valence-corrected chi connectivity index (χ1v) is 9.54. The van der Waals surface area contributed by atoms with E-state index in [1.807, 2.05) is 61.2 Å². The van der Waals surface area contributed by atoms with Crippen molar-refractivity contribution in [3.63, 3.8) is 0 Å². The van der Waals surface area contributed by atoms with Gasteiger partial charge in [0.25, 0.3) is 0 Å². The van der Waals surface area contributed by atoms with Crippen LogP contribution in [0.3, 0.4) is 0 Å². The topological polar surface area (TPSA) is 54.0 Å². The number of hydrogen-bond donors (Lipinski definition) is 1. The van der Waals surface area contributed by atoms with E-state index in [4.69, 9.17) is 9.47 Å². The molecule has 28 heavy (non-hydrogen) atoms. The maximum absolute atomic E-state index is 12.8. The van der Waals surface area contributed by atoms with Gasteiger partial charge in [-0.2, -0.15) is 0 Å². The molecular formula is C22H29N3O3. The molecule has 6 nitrogen and oxygen atoms in total. The van der Waals surface area contributed by atoms with Crippen molar-refractivity contribution >= 4 is 11.7 Å². The van der Waals surface area contributed by atoms with Crippen LogP contribution >= 0.6 is 0 Å². The molecule has 1 saturated heterocycles. The van der Waals surface area contributed by atoms with Gasteiger partial charge >= 0.3 is 6.03 Å². The Hall–Kier alpha value is -2.89. The summed E-state index contributed by atoms with van der Waals surface area (Å²) in [4.78, 5) is 17.0. The molecule has 1 N–H and O–H groups in total. The van der Waals surface area contributed by atoms with E-state index < -0.39 is 5.54 Å². The van der Waals surface area contributed by atoms with Crippen LogP contribution in [0.2, 0.25) is 0 Å². The van der Waals surface area contributed by atoms with Crippen LogP contribution in [0, 0.1) is 0 Å². The van der Waals surface area contributed by atoms with Gasteiger partial charge < -0.3 is 24.6 Å². The number of ether oxygens (including phenoxy) is 2. The fourth-order valence-electron chi connectivity index (χ4n) is 3.47. The van der Waals surface area contributed by atoms with E-state index >= 15 is 0 Å². The Kier molecular flexibility index (Phi) is 5.97. The number of amides is 2. The van der Waals surface area contributed by atoms with Gasteiger partial charge in [-0.15, -0.1) is 0 Å². The third-order valence-electron chi connectivity index (χ3n) is 5.22. The summed E-state index contributed by atoms with van der Waals surface area (Å²) in [6.45, 7) is 6.91. The number of benzene rings is 2. The van der Waals surface area contributed by atoms with E-state index in [1.165, 1.54) is 0 Å². The molecule has 2 aromatic carbocycles. The van der Waals surface area contributed by atoms with Crippen molar-refractivity contribution in [2.45, 2.75) is 19.4 Å². The monoisotopic (exact) mass is 383 g/mol. The molecule has 1 aliphatic rings. The lowest BCUT2D eigenvalue weighted by Gasteiger charge is -2.38. The highest BCUT2D eigenvalue weighted by Crippen LogP contribution is 2.28. The second-order valence-electron chi connectivity index (χ2n) is 7.43. The summed E-state index contributed by atoms with van der Waals surface area (Å²) in [5, 5.41) is 3.16. The summed E-state index contributed by atoms with van der Waals surface area (Å²) in [6.07, 6.45) is 0. The summed E-state index contributed by atoms with van der Waals surface area (Å²) < 4.78 is 10.7. The summed E-state index contributed by atoms with van der Waals surface area (Å²) in [5.74, 6) is 1.67. The van der Waals surface area contributed by atoms with Gasteiger partial charge in [-0.05, 0) is 43.7 Å². The Balaban J connectivity index is 1.60. The molecule has 2 aromatic rings. The zero-order chi connectivity index (χ0) is 20.1. The molecular weight excluding hydrogens is 354 g/mol. The molecule has 0 radical (unpaired) electrons. The van der Waals surface area contributed by atoms with Crippen molar-refractivity contribution in [2.75, 3.05) is 45.3 Å². The smallest absolute Gasteiger partial charge is 0.318 e. The molecule has 1 heterocycles. The van der Waals surface area contributed by atoms with E-state index in [-0.39, 0.29) is 6.03 Å². The van der Waals surface area contributed by atoms with Crippen molar-refractivity contribution in [2.24, 2.45) is 0 Å². The quantitative estimate of drug-likeness (QED) is 0.859. The fourth-order valence-corrected chi connectivity index (χ4v) is 3.47. The van der Waals surface area contributed by atoms with Crippen LogP contribution in [-0.4, -0.2) is 51.3 Å². The van der Waals surface area contributed by atoms with Gasteiger partial charge in [0, 0.05) is 26.2 Å². The van der Waals surface area contributed by atoms with Gasteiger partial charge in [0.2, 0.25) is 0 Å². The molecule has 3 rings (SSSR count). The Labute approximate surface area is 167 Å². The number of rotatable bonds is 5.